The summed E-state index contributed by atoms with van der Waals surface area (Å²) in [6.45, 7) is 4.24. The molecule has 0 bridgehead atoms. The van der Waals surface area contributed by atoms with E-state index in [0.29, 0.717) is 19.0 Å². The standard InChI is InChI=1S/C17H18N2O3/c1-3-22-16(21)8-7-14-5-4-6-15(11-14)12-19-10-9-18-17(19)13(2)20/h4-11H,3,12H2,1-2H3/p+1. The van der Waals surface area contributed by atoms with Crippen molar-refractivity contribution in [1.82, 2.24) is 4.98 Å². The van der Waals surface area contributed by atoms with Crippen molar-refractivity contribution in [3.05, 3.63) is 59.7 Å². The largest absolute Gasteiger partial charge is 0.463 e. The summed E-state index contributed by atoms with van der Waals surface area (Å²) in [6, 6.07) is 7.78. The van der Waals surface area contributed by atoms with Crippen LogP contribution in [0.15, 0.2) is 42.7 Å². The van der Waals surface area contributed by atoms with Crippen LogP contribution in [0.3, 0.4) is 0 Å². The summed E-state index contributed by atoms with van der Waals surface area (Å²) in [7, 11) is 0. The van der Waals surface area contributed by atoms with Crippen molar-refractivity contribution >= 4 is 17.8 Å². The predicted octanol–water partition coefficient (Wildman–Crippen LogP) is 2.13. The fourth-order valence-electron chi connectivity index (χ4n) is 2.15. The number of nitrogens with one attached hydrogen (secondary N) is 1. The van der Waals surface area contributed by atoms with Crippen molar-refractivity contribution in [1.29, 1.82) is 0 Å². The zero-order valence-corrected chi connectivity index (χ0v) is 12.7. The van der Waals surface area contributed by atoms with E-state index in [4.69, 9.17) is 4.74 Å². The van der Waals surface area contributed by atoms with Crippen molar-refractivity contribution in [3.8, 4) is 0 Å². The van der Waals surface area contributed by atoms with E-state index in [1.165, 1.54) is 13.0 Å². The molecule has 5 heteroatoms. The molecule has 0 amide bonds. The molecule has 114 valence electrons. The summed E-state index contributed by atoms with van der Waals surface area (Å²) in [5.41, 5.74) is 1.95. The number of benzene rings is 1. The van der Waals surface area contributed by atoms with Gasteiger partial charge in [0.2, 0.25) is 5.78 Å². The molecule has 0 radical (unpaired) electrons. The van der Waals surface area contributed by atoms with E-state index in [1.807, 2.05) is 35.0 Å². The highest BCUT2D eigenvalue weighted by Gasteiger charge is 2.15. The van der Waals surface area contributed by atoms with Crippen molar-refractivity contribution in [3.63, 3.8) is 0 Å². The van der Waals surface area contributed by atoms with Crippen molar-refractivity contribution in [2.75, 3.05) is 6.61 Å². The summed E-state index contributed by atoms with van der Waals surface area (Å²) < 4.78 is 6.71. The fraction of sp³-hybridized carbons (Fsp3) is 0.235. The minimum absolute atomic E-state index is 0.0108. The Bertz CT molecular complexity index is 701. The molecule has 2 aromatic rings. The van der Waals surface area contributed by atoms with E-state index in [-0.39, 0.29) is 11.8 Å². The van der Waals surface area contributed by atoms with Crippen LogP contribution < -0.4 is 4.57 Å². The SMILES string of the molecule is CCOC(=O)C=Cc1cccc(C[n+]2cc[nH]c2C(C)=O)c1. The van der Waals surface area contributed by atoms with Gasteiger partial charge in [-0.25, -0.2) is 14.3 Å². The van der Waals surface area contributed by atoms with Crippen LogP contribution in [0, 0.1) is 0 Å². The highest BCUT2D eigenvalue weighted by molar-refractivity contribution is 5.88. The molecule has 0 atom stereocenters. The first-order chi connectivity index (χ1) is 10.6. The number of aromatic nitrogens is 2. The van der Waals surface area contributed by atoms with Gasteiger partial charge in [-0.1, -0.05) is 18.2 Å². The number of ether oxygens (including phenoxy) is 1. The third-order valence-corrected chi connectivity index (χ3v) is 3.10. The minimum Gasteiger partial charge on any atom is -0.463 e. The minimum atomic E-state index is -0.355. The third kappa shape index (κ3) is 4.15. The number of Topliss-reactive ketones (excluding diaryl/α,β-unsaturated/α-hetero) is 1. The van der Waals surface area contributed by atoms with Gasteiger partial charge in [-0.05, 0) is 30.2 Å². The Balaban J connectivity index is 2.13. The number of esters is 1. The normalized spacial score (nSPS) is 10.8. The summed E-state index contributed by atoms with van der Waals surface area (Å²) in [4.78, 5) is 25.8. The molecule has 5 nitrogen and oxygen atoms in total. The Hall–Kier alpha value is -2.69. The number of aromatic amines is 1. The lowest BCUT2D eigenvalue weighted by Gasteiger charge is -2.02. The highest BCUT2D eigenvalue weighted by atomic mass is 16.5. The molecule has 0 spiro atoms. The summed E-state index contributed by atoms with van der Waals surface area (Å²) in [5, 5.41) is 0. The van der Waals surface area contributed by atoms with E-state index in [9.17, 15) is 9.59 Å². The molecule has 1 heterocycles. The second kappa shape index (κ2) is 7.36. The van der Waals surface area contributed by atoms with E-state index >= 15 is 0 Å². The van der Waals surface area contributed by atoms with Crippen LogP contribution in [-0.4, -0.2) is 23.3 Å². The van der Waals surface area contributed by atoms with E-state index in [2.05, 4.69) is 4.98 Å². The maximum atomic E-state index is 11.5. The maximum Gasteiger partial charge on any atom is 0.330 e. The molecule has 0 saturated carbocycles. The zero-order chi connectivity index (χ0) is 15.9. The third-order valence-electron chi connectivity index (χ3n) is 3.10. The Morgan fingerprint density at radius 1 is 1.36 bits per heavy atom. The van der Waals surface area contributed by atoms with Gasteiger partial charge in [0.15, 0.2) is 0 Å². The van der Waals surface area contributed by atoms with Gasteiger partial charge in [-0.2, -0.15) is 0 Å². The molecule has 0 fully saturated rings. The number of hydrogen-bond donors (Lipinski definition) is 1. The Morgan fingerprint density at radius 2 is 2.18 bits per heavy atom. The van der Waals surface area contributed by atoms with Gasteiger partial charge in [0, 0.05) is 13.0 Å². The molecular weight excluding hydrogens is 280 g/mol. The monoisotopic (exact) mass is 299 g/mol. The molecule has 1 aromatic carbocycles. The first kappa shape index (κ1) is 15.7. The lowest BCUT2D eigenvalue weighted by atomic mass is 10.1. The van der Waals surface area contributed by atoms with Gasteiger partial charge < -0.3 is 4.74 Å². The molecule has 2 rings (SSSR count). The molecule has 0 saturated heterocycles. The van der Waals surface area contributed by atoms with Crippen molar-refractivity contribution < 1.29 is 18.9 Å². The van der Waals surface area contributed by atoms with Crippen LogP contribution in [0.2, 0.25) is 0 Å². The Morgan fingerprint density at radius 3 is 2.91 bits per heavy atom. The van der Waals surface area contributed by atoms with Gasteiger partial charge >= 0.3 is 11.8 Å². The second-order valence-electron chi connectivity index (χ2n) is 4.82. The van der Waals surface area contributed by atoms with E-state index in [1.54, 1.807) is 19.2 Å². The maximum absolute atomic E-state index is 11.5. The number of H-pyrrole nitrogens is 1. The molecule has 0 aliphatic heterocycles. The first-order valence-corrected chi connectivity index (χ1v) is 7.11. The molecule has 0 aliphatic rings. The number of nitrogens with zero attached hydrogens (tertiary/aromatic N) is 1. The highest BCUT2D eigenvalue weighted by Crippen LogP contribution is 2.07. The number of hydrogen-bond acceptors (Lipinski definition) is 3. The van der Waals surface area contributed by atoms with Crippen molar-refractivity contribution in [2.24, 2.45) is 0 Å². The van der Waals surface area contributed by atoms with Crippen LogP contribution in [0.4, 0.5) is 0 Å². The molecule has 0 aliphatic carbocycles. The van der Waals surface area contributed by atoms with Gasteiger partial charge in [-0.3, -0.25) is 4.79 Å². The number of imidazole rings is 1. The van der Waals surface area contributed by atoms with Crippen LogP contribution in [0.25, 0.3) is 6.08 Å². The van der Waals surface area contributed by atoms with Crippen LogP contribution in [-0.2, 0) is 16.1 Å². The van der Waals surface area contributed by atoms with Crippen LogP contribution in [0.5, 0.6) is 0 Å². The average molecular weight is 299 g/mol. The fourth-order valence-corrected chi connectivity index (χ4v) is 2.15. The lowest BCUT2D eigenvalue weighted by molar-refractivity contribution is -0.688. The smallest absolute Gasteiger partial charge is 0.330 e. The first-order valence-electron chi connectivity index (χ1n) is 7.11. The summed E-state index contributed by atoms with van der Waals surface area (Å²) >= 11 is 0. The molecule has 1 aromatic heterocycles. The number of carbonyl (C=O) groups is 2. The van der Waals surface area contributed by atoms with Crippen LogP contribution >= 0.6 is 0 Å². The lowest BCUT2D eigenvalue weighted by Crippen LogP contribution is -2.38. The Kier molecular flexibility index (Phi) is 5.25. The van der Waals surface area contributed by atoms with E-state index < -0.39 is 0 Å². The van der Waals surface area contributed by atoms with Crippen molar-refractivity contribution in [2.45, 2.75) is 20.4 Å². The van der Waals surface area contributed by atoms with Crippen LogP contribution in [0.1, 0.15) is 35.6 Å². The second-order valence-corrected chi connectivity index (χ2v) is 4.82. The summed E-state index contributed by atoms with van der Waals surface area (Å²) in [5.74, 6) is 0.197. The van der Waals surface area contributed by atoms with Gasteiger partial charge in [-0.15, -0.1) is 0 Å². The van der Waals surface area contributed by atoms with Gasteiger partial charge in [0.25, 0.3) is 0 Å². The molecule has 0 unspecified atom stereocenters. The Labute approximate surface area is 129 Å². The molecule has 1 N–H and O–H groups in total. The number of rotatable bonds is 6. The topological polar surface area (TPSA) is 63.0 Å². The van der Waals surface area contributed by atoms with Gasteiger partial charge in [0.05, 0.1) is 6.61 Å². The van der Waals surface area contributed by atoms with Gasteiger partial charge in [0.1, 0.15) is 18.9 Å². The quantitative estimate of drug-likeness (QED) is 0.385. The number of carbonyl (C=O) groups excluding carboxylic acids is 2. The summed E-state index contributed by atoms with van der Waals surface area (Å²) in [6.07, 6.45) is 6.70. The molecular formula is C17H19N2O3+. The van der Waals surface area contributed by atoms with E-state index in [0.717, 1.165) is 11.1 Å². The number of ketones is 1. The zero-order valence-electron chi connectivity index (χ0n) is 12.7. The average Bonchev–Trinajstić information content (AvgIpc) is 2.94. The molecule has 22 heavy (non-hydrogen) atoms. The predicted molar refractivity (Wildman–Crippen MR) is 82.2 cm³/mol.